The van der Waals surface area contributed by atoms with Gasteiger partial charge in [0.15, 0.2) is 11.3 Å². The van der Waals surface area contributed by atoms with E-state index in [1.54, 1.807) is 39.8 Å². The number of halogens is 3. The summed E-state index contributed by atoms with van der Waals surface area (Å²) in [5.41, 5.74) is -1.48. The number of hydrogen-bond acceptors (Lipinski definition) is 11. The van der Waals surface area contributed by atoms with Crippen LogP contribution < -0.4 is 61.2 Å². The van der Waals surface area contributed by atoms with Crippen LogP contribution in [0, 0.1) is 6.92 Å². The normalized spacial score (nSPS) is 22.0. The molecule has 0 aliphatic carbocycles. The molecular weight excluding hydrogens is 630 g/mol. The van der Waals surface area contributed by atoms with Gasteiger partial charge in [0.2, 0.25) is 0 Å². The summed E-state index contributed by atoms with van der Waals surface area (Å²) in [6, 6.07) is 2.25. The molecule has 0 aromatic carbocycles. The number of aryl methyl sites for hydroxylation is 1. The average Bonchev–Trinajstić information content (AvgIpc) is 3.47. The van der Waals surface area contributed by atoms with Gasteiger partial charge in [-0.1, -0.05) is 20.8 Å². The van der Waals surface area contributed by atoms with Crippen LogP contribution in [0.25, 0.3) is 11.0 Å². The van der Waals surface area contributed by atoms with Gasteiger partial charge >= 0.3 is 83.6 Å². The fraction of sp³-hybridized carbons (Fsp3) is 0.615. The van der Waals surface area contributed by atoms with Gasteiger partial charge < -0.3 is 44.8 Å². The first-order valence-electron chi connectivity index (χ1n) is 13.8. The molecule has 4 heterocycles. The van der Waals surface area contributed by atoms with Crippen molar-refractivity contribution < 1.29 is 109 Å². The van der Waals surface area contributed by atoms with Crippen molar-refractivity contribution in [3.05, 3.63) is 29.6 Å². The number of nitrogens with zero attached hydrogens (tertiary/aromatic N) is 4. The smallest absolute Gasteiger partial charge is 0.850 e. The quantitative estimate of drug-likeness (QED) is 0.207. The third-order valence-corrected chi connectivity index (χ3v) is 6.51. The van der Waals surface area contributed by atoms with Crippen molar-refractivity contribution in [1.82, 2.24) is 19.6 Å². The van der Waals surface area contributed by atoms with Gasteiger partial charge in [-0.3, -0.25) is 9.59 Å². The summed E-state index contributed by atoms with van der Waals surface area (Å²) in [5.74, 6) is -2.19. The maximum atomic E-state index is 13.2. The molecule has 2 aromatic rings. The molecule has 244 valence electrons. The molecule has 0 unspecified atom stereocenters. The second-order valence-corrected chi connectivity index (χ2v) is 11.7. The van der Waals surface area contributed by atoms with Crippen LogP contribution in [0.1, 0.15) is 45.0 Å². The maximum Gasteiger partial charge on any atom is 1.00 e. The average molecular weight is 668 g/mol. The monoisotopic (exact) mass is 668 g/mol. The summed E-state index contributed by atoms with van der Waals surface area (Å²) in [5, 5.41) is 56.4. The zero-order valence-electron chi connectivity index (χ0n) is 26.3. The zero-order valence-corrected chi connectivity index (χ0v) is 29.4. The second-order valence-electron chi connectivity index (χ2n) is 11.7. The first kappa shape index (κ1) is 41.6. The summed E-state index contributed by atoms with van der Waals surface area (Å²) in [6.45, 7) is 9.75. The van der Waals surface area contributed by atoms with Crippen LogP contribution in [0.2, 0.25) is 13.6 Å². The Morgan fingerprint density at radius 1 is 0.978 bits per heavy atom. The molecule has 19 heteroatoms. The molecule has 0 bridgehead atoms. The minimum atomic E-state index is -4.68. The van der Waals surface area contributed by atoms with Gasteiger partial charge in [-0.15, -0.1) is 5.60 Å². The molecule has 0 saturated carbocycles. The van der Waals surface area contributed by atoms with E-state index in [9.17, 15) is 38.0 Å². The van der Waals surface area contributed by atoms with Crippen molar-refractivity contribution in [3.8, 4) is 5.75 Å². The molecule has 2 aliphatic rings. The maximum absolute atomic E-state index is 13.2. The van der Waals surface area contributed by atoms with E-state index in [0.717, 1.165) is 6.07 Å². The second kappa shape index (κ2) is 17.1. The Morgan fingerprint density at radius 3 is 1.89 bits per heavy atom. The van der Waals surface area contributed by atoms with Crippen molar-refractivity contribution in [2.75, 3.05) is 13.1 Å². The van der Waals surface area contributed by atoms with E-state index in [1.165, 1.54) is 23.3 Å². The Bertz CT molecular complexity index is 1300. The molecule has 0 amide bonds. The van der Waals surface area contributed by atoms with Crippen LogP contribution in [0.4, 0.5) is 13.2 Å². The number of alkyl halides is 3. The molecule has 4 atom stereocenters. The minimum absolute atomic E-state index is 0. The van der Waals surface area contributed by atoms with Crippen LogP contribution >= 0.6 is 0 Å². The molecule has 45 heavy (non-hydrogen) atoms. The summed E-state index contributed by atoms with van der Waals surface area (Å²) in [7, 11) is -1.84. The molecule has 2 aromatic heterocycles. The Morgan fingerprint density at radius 2 is 1.47 bits per heavy atom. The van der Waals surface area contributed by atoms with E-state index in [-0.39, 0.29) is 88.7 Å². The van der Waals surface area contributed by atoms with Crippen molar-refractivity contribution >= 4 is 37.1 Å². The topological polar surface area (TPSA) is 200 Å². The van der Waals surface area contributed by atoms with Crippen LogP contribution in [0.5, 0.6) is 5.75 Å². The Hall–Kier alpha value is -1.38. The number of hydrogen-bond donors (Lipinski definition) is 5. The summed E-state index contributed by atoms with van der Waals surface area (Å²) in [6.07, 6.45) is -5.79. The van der Waals surface area contributed by atoms with E-state index in [0.29, 0.717) is 11.1 Å². The number of rotatable bonds is 6. The van der Waals surface area contributed by atoms with E-state index in [1.807, 2.05) is 0 Å². The SMILES string of the molecule is CB(O)N1C[C@H](O)C[C@H]1C(=O)O.CB(O)N1C[C@H](Oc2cc(C(F)(F)F)nc3nc(C)ccc23)C[C@H]1C(=O)O.CC(C)(C)[O-].[K+]. The zero-order chi connectivity index (χ0) is 33.7. The predicted molar refractivity (Wildman–Crippen MR) is 153 cm³/mol. The van der Waals surface area contributed by atoms with E-state index in [2.05, 4.69) is 9.97 Å². The standard InChI is InChI=1S/C16H17BF3N3O4.C6H12BNO4.C4H9O.K/c1-8-3-4-10-12(6-13(16(18,19)20)22-14(10)21-8)27-9-5-11(15(24)25)23(7-9)17(2)26;1-7(12)8-3-4(9)2-5(8)6(10)11;1-4(2,3)5;/h3-4,6,9,11,26H,5,7H2,1-2H3,(H,24,25);4-5,9,12H,2-3H2,1H3,(H,10,11);1-3H3;/q;;-1;+1/t9-,11+;4-,5+;;/m11../s1. The van der Waals surface area contributed by atoms with Gasteiger partial charge in [-0.25, -0.2) is 9.97 Å². The Balaban J connectivity index is 0.000000467. The number of pyridine rings is 2. The van der Waals surface area contributed by atoms with Crippen molar-refractivity contribution in [3.63, 3.8) is 0 Å². The third kappa shape index (κ3) is 13.0. The summed E-state index contributed by atoms with van der Waals surface area (Å²) < 4.78 is 45.3. The first-order valence-corrected chi connectivity index (χ1v) is 13.8. The number of carbonyl (C=O) groups is 2. The summed E-state index contributed by atoms with van der Waals surface area (Å²) in [4.78, 5) is 32.3. The van der Waals surface area contributed by atoms with Crippen LogP contribution in [0.15, 0.2) is 18.2 Å². The molecule has 0 spiro atoms. The fourth-order valence-electron chi connectivity index (χ4n) is 4.65. The van der Waals surface area contributed by atoms with E-state index < -0.39 is 67.8 Å². The third-order valence-electron chi connectivity index (χ3n) is 6.51. The number of fused-ring (bicyclic) bond motifs is 1. The van der Waals surface area contributed by atoms with Gasteiger partial charge in [-0.05, 0) is 39.1 Å². The van der Waals surface area contributed by atoms with E-state index >= 15 is 0 Å². The number of aliphatic hydroxyl groups excluding tert-OH is 1. The van der Waals surface area contributed by atoms with E-state index in [4.69, 9.17) is 20.0 Å². The van der Waals surface area contributed by atoms with Gasteiger partial charge in [-0.2, -0.15) is 13.2 Å². The molecule has 0 radical (unpaired) electrons. The largest absolute Gasteiger partial charge is 1.00 e. The van der Waals surface area contributed by atoms with Crippen LogP contribution in [-0.4, -0.2) is 114 Å². The van der Waals surface area contributed by atoms with Crippen LogP contribution in [-0.2, 0) is 15.8 Å². The van der Waals surface area contributed by atoms with Crippen molar-refractivity contribution in [2.24, 2.45) is 0 Å². The van der Waals surface area contributed by atoms with Crippen LogP contribution in [0.3, 0.4) is 0 Å². The number of aliphatic carboxylic acids is 2. The van der Waals surface area contributed by atoms with Gasteiger partial charge in [0.25, 0.3) is 0 Å². The number of carboxylic acids is 2. The number of carboxylic acid groups (broad SMARTS) is 2. The molecule has 2 fully saturated rings. The molecule has 2 saturated heterocycles. The number of aromatic nitrogens is 2. The number of ether oxygens (including phenoxy) is 1. The predicted octanol–water partition coefficient (Wildman–Crippen LogP) is -2.26. The van der Waals surface area contributed by atoms with Gasteiger partial charge in [0, 0.05) is 31.3 Å². The Kier molecular flexibility index (Phi) is 15.9. The molecule has 4 rings (SSSR count). The van der Waals surface area contributed by atoms with Gasteiger partial charge in [0.05, 0.1) is 11.5 Å². The fourth-order valence-corrected chi connectivity index (χ4v) is 4.65. The minimum Gasteiger partial charge on any atom is -0.850 e. The number of aliphatic hydroxyl groups is 1. The molecule has 5 N–H and O–H groups in total. The van der Waals surface area contributed by atoms with Gasteiger partial charge in [0.1, 0.15) is 23.9 Å². The van der Waals surface area contributed by atoms with Crippen molar-refractivity contribution in [1.29, 1.82) is 0 Å². The number of β-amino-alcohol motifs (C(OH)–C–C–N with tert-alkyl or cyclic N) is 1. The van der Waals surface area contributed by atoms with Crippen molar-refractivity contribution in [2.45, 2.75) is 90.3 Å². The summed E-state index contributed by atoms with van der Waals surface area (Å²) >= 11 is 0. The molecular formula is C26H38B2F3KN4O9. The Labute approximate surface area is 302 Å². The molecule has 2 aliphatic heterocycles. The molecule has 13 nitrogen and oxygen atoms in total. The first-order chi connectivity index (χ1) is 20.1.